The molecule has 0 aliphatic rings. The van der Waals surface area contributed by atoms with E-state index in [-0.39, 0.29) is 32.0 Å². The summed E-state index contributed by atoms with van der Waals surface area (Å²) in [6.45, 7) is 4.33. The van der Waals surface area contributed by atoms with Crippen molar-refractivity contribution in [2.75, 3.05) is 47.5 Å². The molecule has 0 aromatic carbocycles. The molecule has 496 valence electrons. The molecule has 0 aliphatic heterocycles. The third-order valence-corrected chi connectivity index (χ3v) is 16.3. The molecule has 2 atom stereocenters. The van der Waals surface area contributed by atoms with Crippen molar-refractivity contribution in [3.63, 3.8) is 0 Å². The molecule has 0 aromatic rings. The van der Waals surface area contributed by atoms with Crippen LogP contribution in [0.1, 0.15) is 309 Å². The highest BCUT2D eigenvalue weighted by Gasteiger charge is 2.27. The number of unbranched alkanes of at least 4 members (excludes halogenated alkanes) is 33. The minimum atomic E-state index is -4.40. The number of hydrogen-bond acceptors (Lipinski definition) is 7. The summed E-state index contributed by atoms with van der Waals surface area (Å²) in [5.74, 6) is -0.793. The van der Waals surface area contributed by atoms with E-state index in [4.69, 9.17) is 18.5 Å². The molecule has 0 saturated carbocycles. The van der Waals surface area contributed by atoms with Gasteiger partial charge in [0.05, 0.1) is 27.7 Å². The summed E-state index contributed by atoms with van der Waals surface area (Å²) in [5.41, 5.74) is 0. The first-order chi connectivity index (χ1) is 42.0. The first-order valence-electron chi connectivity index (χ1n) is 35.6. The van der Waals surface area contributed by atoms with E-state index >= 15 is 0 Å². The molecule has 0 aliphatic carbocycles. The van der Waals surface area contributed by atoms with Crippen LogP contribution in [0.4, 0.5) is 0 Å². The number of phosphoric acid groups is 1. The predicted molar refractivity (Wildman–Crippen MR) is 371 cm³/mol. The highest BCUT2D eigenvalue weighted by Crippen LogP contribution is 2.43. The van der Waals surface area contributed by atoms with E-state index in [1.165, 1.54) is 186 Å². The van der Waals surface area contributed by atoms with Crippen LogP contribution in [0.5, 0.6) is 0 Å². The summed E-state index contributed by atoms with van der Waals surface area (Å²) in [6, 6.07) is 0. The van der Waals surface area contributed by atoms with Crippen LogP contribution < -0.4 is 0 Å². The van der Waals surface area contributed by atoms with Gasteiger partial charge in [0.2, 0.25) is 0 Å². The number of allylic oxidation sites excluding steroid dienone is 18. The molecule has 0 radical (unpaired) electrons. The van der Waals surface area contributed by atoms with Crippen LogP contribution in [-0.4, -0.2) is 74.9 Å². The van der Waals surface area contributed by atoms with Gasteiger partial charge in [-0.25, -0.2) is 4.57 Å². The second kappa shape index (κ2) is 66.1. The standard InChI is InChI=1S/C76H134NO8P/c1-6-8-10-12-14-16-18-20-22-24-26-28-30-32-34-35-36-37-38-39-40-41-43-45-47-49-51-53-55-57-59-61-63-65-67-69-76(79)85-74(73-84-86(80,81)83-71-70-77(3,4)5)72-82-75(78)68-66-64-62-60-58-56-54-52-50-48-46-44-42-33-31-29-27-25-23-21-19-17-15-13-11-9-7-2/h8,10,14,16,19-22,25-28,31-34,36-37,74H,6-7,9,11-13,15,17-18,23-24,29-30,35,38-73H2,1-5H3/p+1/b10-8-,16-14-,21-19-,22-20-,27-25-,28-26-,33-31-,34-32-,37-36-. The quantitative estimate of drug-likeness (QED) is 0.0211. The first kappa shape index (κ1) is 82.7. The normalized spacial score (nSPS) is 13.8. The summed E-state index contributed by atoms with van der Waals surface area (Å²) in [7, 11) is 1.48. The minimum Gasteiger partial charge on any atom is -0.462 e. The molecule has 0 aromatic heterocycles. The van der Waals surface area contributed by atoms with E-state index in [0.29, 0.717) is 17.4 Å². The maximum absolute atomic E-state index is 12.9. The number of nitrogens with zero attached hydrogens (tertiary/aromatic N) is 1. The van der Waals surface area contributed by atoms with Crippen molar-refractivity contribution in [2.24, 2.45) is 0 Å². The number of phosphoric ester groups is 1. The van der Waals surface area contributed by atoms with Gasteiger partial charge in [-0.1, -0.05) is 303 Å². The summed E-state index contributed by atoms with van der Waals surface area (Å²) in [6.07, 6.45) is 93.3. The Kier molecular flexibility index (Phi) is 63.5. The lowest BCUT2D eigenvalue weighted by atomic mass is 10.0. The van der Waals surface area contributed by atoms with Gasteiger partial charge < -0.3 is 18.9 Å². The molecular formula is C76H135NO8P+. The van der Waals surface area contributed by atoms with E-state index in [1.54, 1.807) is 0 Å². The van der Waals surface area contributed by atoms with E-state index < -0.39 is 26.5 Å². The van der Waals surface area contributed by atoms with Gasteiger partial charge in [0.15, 0.2) is 6.10 Å². The molecule has 0 bridgehead atoms. The van der Waals surface area contributed by atoms with Crippen molar-refractivity contribution >= 4 is 19.8 Å². The van der Waals surface area contributed by atoms with Crippen molar-refractivity contribution in [3.8, 4) is 0 Å². The Morgan fingerprint density at radius 3 is 0.988 bits per heavy atom. The summed E-state index contributed by atoms with van der Waals surface area (Å²) in [5, 5.41) is 0. The Balaban J connectivity index is 4.04. The predicted octanol–water partition coefficient (Wildman–Crippen LogP) is 23.3. The van der Waals surface area contributed by atoms with Crippen LogP contribution in [0.3, 0.4) is 0 Å². The van der Waals surface area contributed by atoms with Gasteiger partial charge in [-0.2, -0.15) is 0 Å². The molecule has 0 saturated heterocycles. The fourth-order valence-corrected chi connectivity index (χ4v) is 10.6. The third-order valence-electron chi connectivity index (χ3n) is 15.3. The minimum absolute atomic E-state index is 0.0285. The lowest BCUT2D eigenvalue weighted by Crippen LogP contribution is -2.37. The zero-order chi connectivity index (χ0) is 62.6. The van der Waals surface area contributed by atoms with Crippen molar-refractivity contribution < 1.29 is 42.1 Å². The smallest absolute Gasteiger partial charge is 0.462 e. The zero-order valence-corrected chi connectivity index (χ0v) is 57.4. The Bertz CT molecular complexity index is 1820. The fourth-order valence-electron chi connectivity index (χ4n) is 9.85. The SMILES string of the molecule is CC/C=C\C/C=C\C/C=C\C/C=C\C/C=C\C/C=C\CCCCCCCCCCCCCCCCCCC(=O)OC(COC(=O)CCCCCCCCCCCCCC/C=C\C/C=C\C/C=C\CCCCCCC)COP(=O)(O)OCC[N+](C)(C)C. The molecule has 2 unspecified atom stereocenters. The number of ether oxygens (including phenoxy) is 2. The molecule has 0 spiro atoms. The Morgan fingerprint density at radius 1 is 0.372 bits per heavy atom. The van der Waals surface area contributed by atoms with Crippen LogP contribution in [0.25, 0.3) is 0 Å². The van der Waals surface area contributed by atoms with Gasteiger partial charge in [0, 0.05) is 12.8 Å². The topological polar surface area (TPSA) is 108 Å². The second-order valence-corrected chi connectivity index (χ2v) is 26.3. The fraction of sp³-hybridized carbons (Fsp3) is 0.737. The lowest BCUT2D eigenvalue weighted by Gasteiger charge is -2.24. The maximum atomic E-state index is 12.9. The largest absolute Gasteiger partial charge is 0.472 e. The molecule has 86 heavy (non-hydrogen) atoms. The van der Waals surface area contributed by atoms with Gasteiger partial charge >= 0.3 is 19.8 Å². The van der Waals surface area contributed by atoms with Gasteiger partial charge in [-0.05, 0) is 103 Å². The number of esters is 2. The van der Waals surface area contributed by atoms with Crippen molar-refractivity contribution in [1.82, 2.24) is 0 Å². The number of carbonyl (C=O) groups is 2. The van der Waals surface area contributed by atoms with Crippen LogP contribution in [0, 0.1) is 0 Å². The second-order valence-electron chi connectivity index (χ2n) is 24.9. The van der Waals surface area contributed by atoms with Crippen molar-refractivity contribution in [2.45, 2.75) is 315 Å². The number of rotatable bonds is 65. The van der Waals surface area contributed by atoms with Gasteiger partial charge in [-0.3, -0.25) is 18.6 Å². The molecular weight excluding hydrogens is 1090 g/mol. The van der Waals surface area contributed by atoms with Crippen molar-refractivity contribution in [3.05, 3.63) is 109 Å². The van der Waals surface area contributed by atoms with Gasteiger partial charge in [-0.15, -0.1) is 0 Å². The number of carbonyl (C=O) groups excluding carboxylic acids is 2. The molecule has 9 nitrogen and oxygen atoms in total. The van der Waals surface area contributed by atoms with E-state index in [0.717, 1.165) is 89.9 Å². The van der Waals surface area contributed by atoms with Crippen LogP contribution >= 0.6 is 7.82 Å². The van der Waals surface area contributed by atoms with Crippen LogP contribution in [0.2, 0.25) is 0 Å². The molecule has 0 rings (SSSR count). The highest BCUT2D eigenvalue weighted by molar-refractivity contribution is 7.47. The maximum Gasteiger partial charge on any atom is 0.472 e. The average Bonchev–Trinajstić information content (AvgIpc) is 3.56. The summed E-state index contributed by atoms with van der Waals surface area (Å²) >= 11 is 0. The molecule has 1 N–H and O–H groups in total. The molecule has 10 heteroatoms. The number of likely N-dealkylation sites (N-methyl/N-ethyl adjacent to an activating group) is 1. The molecule has 0 heterocycles. The lowest BCUT2D eigenvalue weighted by molar-refractivity contribution is -0.870. The van der Waals surface area contributed by atoms with Gasteiger partial charge in [0.1, 0.15) is 19.8 Å². The third kappa shape index (κ3) is 69.8. The monoisotopic (exact) mass is 1220 g/mol. The number of hydrogen-bond donors (Lipinski definition) is 1. The van der Waals surface area contributed by atoms with Crippen LogP contribution in [-0.2, 0) is 32.7 Å². The van der Waals surface area contributed by atoms with E-state index in [2.05, 4.69) is 123 Å². The average molecular weight is 1220 g/mol. The summed E-state index contributed by atoms with van der Waals surface area (Å²) < 4.78 is 34.7. The zero-order valence-electron chi connectivity index (χ0n) is 56.5. The van der Waals surface area contributed by atoms with E-state index in [1.807, 2.05) is 21.1 Å². The van der Waals surface area contributed by atoms with E-state index in [9.17, 15) is 19.0 Å². The Hall–Kier alpha value is -3.33. The van der Waals surface area contributed by atoms with Crippen LogP contribution in [0.15, 0.2) is 109 Å². The summed E-state index contributed by atoms with van der Waals surface area (Å²) in [4.78, 5) is 35.9. The molecule has 0 fully saturated rings. The van der Waals surface area contributed by atoms with Gasteiger partial charge in [0.25, 0.3) is 0 Å². The first-order valence-corrected chi connectivity index (χ1v) is 37.1. The highest BCUT2D eigenvalue weighted by atomic mass is 31.2. The molecule has 0 amide bonds. The number of quaternary nitrogens is 1. The Morgan fingerprint density at radius 2 is 0.663 bits per heavy atom. The van der Waals surface area contributed by atoms with Crippen molar-refractivity contribution in [1.29, 1.82) is 0 Å². The Labute approximate surface area is 531 Å².